The Hall–Kier alpha value is -0.930. The van der Waals surface area contributed by atoms with Gasteiger partial charge in [-0.1, -0.05) is 23.2 Å². The number of rotatable bonds is 2. The highest BCUT2D eigenvalue weighted by Crippen LogP contribution is 2.27. The first-order valence-corrected chi connectivity index (χ1v) is 4.60. The van der Waals surface area contributed by atoms with Crippen LogP contribution >= 0.6 is 23.2 Å². The minimum absolute atomic E-state index is 0.0940. The second-order valence-corrected chi connectivity index (χ2v) is 3.53. The maximum Gasteiger partial charge on any atom is 0.310 e. The fourth-order valence-electron chi connectivity index (χ4n) is 0.976. The molecule has 0 bridgehead atoms. The molecule has 1 aromatic carbocycles. The summed E-state index contributed by atoms with van der Waals surface area (Å²) in [4.78, 5) is 11.0. The summed E-state index contributed by atoms with van der Waals surface area (Å²) in [6.45, 7) is 0. The molecule has 0 heterocycles. The average Bonchev–Trinajstić information content (AvgIpc) is 2.14. The number of benzene rings is 1. The molecule has 0 aromatic heterocycles. The number of halogens is 2. The smallest absolute Gasteiger partial charge is 0.310 e. The molecule has 1 rings (SSSR count). The van der Waals surface area contributed by atoms with E-state index in [2.05, 4.69) is 4.74 Å². The Morgan fingerprint density at radius 3 is 2.64 bits per heavy atom. The van der Waals surface area contributed by atoms with Crippen LogP contribution in [0.2, 0.25) is 10.0 Å². The maximum atomic E-state index is 11.0. The summed E-state index contributed by atoms with van der Waals surface area (Å²) in [7, 11) is 1.31. The van der Waals surface area contributed by atoms with Crippen LogP contribution < -0.4 is 5.73 Å². The highest BCUT2D eigenvalue weighted by molar-refractivity contribution is 6.36. The molecule has 5 heteroatoms. The summed E-state index contributed by atoms with van der Waals surface area (Å²) >= 11 is 11.6. The molecule has 3 nitrogen and oxygen atoms in total. The van der Waals surface area contributed by atoms with E-state index < -0.39 is 0 Å². The third-order valence-electron chi connectivity index (χ3n) is 1.73. The maximum absolute atomic E-state index is 11.0. The highest BCUT2D eigenvalue weighted by Gasteiger charge is 2.09. The number of hydrogen-bond acceptors (Lipinski definition) is 3. The SMILES string of the molecule is COC(=O)Cc1cc(N)c(Cl)cc1Cl. The summed E-state index contributed by atoms with van der Waals surface area (Å²) in [6, 6.07) is 3.08. The number of ether oxygens (including phenoxy) is 1. The van der Waals surface area contributed by atoms with Crippen molar-refractivity contribution in [1.29, 1.82) is 0 Å². The third-order valence-corrected chi connectivity index (χ3v) is 2.41. The summed E-state index contributed by atoms with van der Waals surface area (Å²) in [6.07, 6.45) is 0.0940. The molecule has 1 aromatic rings. The molecule has 0 saturated carbocycles. The van der Waals surface area contributed by atoms with Crippen molar-refractivity contribution in [3.05, 3.63) is 27.7 Å². The number of nitrogen functional groups attached to an aromatic ring is 1. The van der Waals surface area contributed by atoms with Crippen LogP contribution in [0, 0.1) is 0 Å². The van der Waals surface area contributed by atoms with Gasteiger partial charge in [-0.3, -0.25) is 4.79 Å². The molecule has 0 fully saturated rings. The van der Waals surface area contributed by atoms with E-state index in [4.69, 9.17) is 28.9 Å². The van der Waals surface area contributed by atoms with Crippen molar-refractivity contribution >= 4 is 34.9 Å². The Kier molecular flexibility index (Phi) is 3.61. The number of esters is 1. The van der Waals surface area contributed by atoms with Crippen molar-refractivity contribution < 1.29 is 9.53 Å². The van der Waals surface area contributed by atoms with Gasteiger partial charge in [0.05, 0.1) is 24.2 Å². The van der Waals surface area contributed by atoms with Gasteiger partial charge >= 0.3 is 5.97 Å². The largest absolute Gasteiger partial charge is 0.469 e. The van der Waals surface area contributed by atoms with Gasteiger partial charge in [0, 0.05) is 5.02 Å². The zero-order chi connectivity index (χ0) is 10.7. The molecule has 0 saturated heterocycles. The molecule has 0 amide bonds. The van der Waals surface area contributed by atoms with E-state index >= 15 is 0 Å². The lowest BCUT2D eigenvalue weighted by Crippen LogP contribution is -2.05. The lowest BCUT2D eigenvalue weighted by molar-refractivity contribution is -0.139. The molecular formula is C9H9Cl2NO2. The van der Waals surface area contributed by atoms with Crippen LogP contribution in [-0.4, -0.2) is 13.1 Å². The molecule has 0 spiro atoms. The second kappa shape index (κ2) is 4.53. The predicted molar refractivity (Wildman–Crippen MR) is 56.6 cm³/mol. The van der Waals surface area contributed by atoms with Gasteiger partial charge in [0.25, 0.3) is 0 Å². The Bertz CT molecular complexity index is 366. The summed E-state index contributed by atoms with van der Waals surface area (Å²) in [5.74, 6) is -0.367. The van der Waals surface area contributed by atoms with E-state index in [0.717, 1.165) is 0 Å². The standard InChI is InChI=1S/C9H9Cl2NO2/c1-14-9(13)3-5-2-8(12)7(11)4-6(5)10/h2,4H,3,12H2,1H3. The van der Waals surface area contributed by atoms with Crippen LogP contribution in [-0.2, 0) is 16.0 Å². The molecule has 2 N–H and O–H groups in total. The molecule has 0 unspecified atom stereocenters. The molecular weight excluding hydrogens is 225 g/mol. The van der Waals surface area contributed by atoms with E-state index in [0.29, 0.717) is 21.3 Å². The molecule has 0 aliphatic carbocycles. The van der Waals surface area contributed by atoms with Gasteiger partial charge in [0.2, 0.25) is 0 Å². The minimum Gasteiger partial charge on any atom is -0.469 e. The van der Waals surface area contributed by atoms with Crippen LogP contribution in [0.1, 0.15) is 5.56 Å². The van der Waals surface area contributed by atoms with Gasteiger partial charge in [-0.05, 0) is 17.7 Å². The number of carbonyl (C=O) groups excluding carboxylic acids is 1. The number of anilines is 1. The first-order chi connectivity index (χ1) is 6.54. The molecule has 76 valence electrons. The van der Waals surface area contributed by atoms with E-state index in [-0.39, 0.29) is 12.4 Å². The molecule has 14 heavy (non-hydrogen) atoms. The van der Waals surface area contributed by atoms with E-state index in [1.807, 2.05) is 0 Å². The number of hydrogen-bond donors (Lipinski definition) is 1. The van der Waals surface area contributed by atoms with Crippen molar-refractivity contribution in [3.8, 4) is 0 Å². The van der Waals surface area contributed by atoms with Gasteiger partial charge in [-0.2, -0.15) is 0 Å². The van der Waals surface area contributed by atoms with Crippen LogP contribution in [0.25, 0.3) is 0 Å². The fourth-order valence-corrected chi connectivity index (χ4v) is 1.43. The van der Waals surface area contributed by atoms with Crippen molar-refractivity contribution in [2.75, 3.05) is 12.8 Å². The first kappa shape index (κ1) is 11.1. The summed E-state index contributed by atoms with van der Waals surface area (Å²) < 4.78 is 4.51. The fraction of sp³-hybridized carbons (Fsp3) is 0.222. The minimum atomic E-state index is -0.367. The Morgan fingerprint density at radius 1 is 1.43 bits per heavy atom. The highest BCUT2D eigenvalue weighted by atomic mass is 35.5. The first-order valence-electron chi connectivity index (χ1n) is 3.84. The van der Waals surface area contributed by atoms with Gasteiger partial charge in [-0.25, -0.2) is 0 Å². The number of nitrogens with two attached hydrogens (primary N) is 1. The summed E-state index contributed by atoms with van der Waals surface area (Å²) in [5, 5.41) is 0.790. The molecule has 0 aliphatic heterocycles. The zero-order valence-corrected chi connectivity index (χ0v) is 9.02. The summed E-state index contributed by atoms with van der Waals surface area (Å²) in [5.41, 5.74) is 6.57. The Morgan fingerprint density at radius 2 is 2.07 bits per heavy atom. The van der Waals surface area contributed by atoms with Gasteiger partial charge in [0.15, 0.2) is 0 Å². The van der Waals surface area contributed by atoms with Crippen LogP contribution in [0.5, 0.6) is 0 Å². The topological polar surface area (TPSA) is 52.3 Å². The van der Waals surface area contributed by atoms with Crippen molar-refractivity contribution in [3.63, 3.8) is 0 Å². The van der Waals surface area contributed by atoms with Crippen LogP contribution in [0.15, 0.2) is 12.1 Å². The zero-order valence-electron chi connectivity index (χ0n) is 7.51. The average molecular weight is 234 g/mol. The van der Waals surface area contributed by atoms with E-state index in [9.17, 15) is 4.79 Å². The van der Waals surface area contributed by atoms with Crippen molar-refractivity contribution in [2.45, 2.75) is 6.42 Å². The monoisotopic (exact) mass is 233 g/mol. The lowest BCUT2D eigenvalue weighted by atomic mass is 10.1. The van der Waals surface area contributed by atoms with Crippen LogP contribution in [0.4, 0.5) is 5.69 Å². The molecule has 0 aliphatic rings. The van der Waals surface area contributed by atoms with Crippen molar-refractivity contribution in [1.82, 2.24) is 0 Å². The lowest BCUT2D eigenvalue weighted by Gasteiger charge is -2.05. The van der Waals surface area contributed by atoms with Crippen molar-refractivity contribution in [2.24, 2.45) is 0 Å². The van der Waals surface area contributed by atoms with Gasteiger partial charge < -0.3 is 10.5 Å². The molecule has 0 radical (unpaired) electrons. The predicted octanol–water partition coefficient (Wildman–Crippen LogP) is 2.29. The van der Waals surface area contributed by atoms with E-state index in [1.54, 1.807) is 6.07 Å². The third kappa shape index (κ3) is 2.53. The van der Waals surface area contributed by atoms with Gasteiger partial charge in [-0.15, -0.1) is 0 Å². The quantitative estimate of drug-likeness (QED) is 0.630. The van der Waals surface area contributed by atoms with E-state index in [1.165, 1.54) is 13.2 Å². The van der Waals surface area contributed by atoms with Gasteiger partial charge in [0.1, 0.15) is 0 Å². The Labute approximate surface area is 91.7 Å². The molecule has 0 atom stereocenters. The Balaban J connectivity index is 2.98. The normalized spacial score (nSPS) is 9.93. The number of methoxy groups -OCH3 is 1. The van der Waals surface area contributed by atoms with Crippen LogP contribution in [0.3, 0.4) is 0 Å². The second-order valence-electron chi connectivity index (χ2n) is 2.72. The number of carbonyl (C=O) groups is 1.